The molecule has 2 aromatic rings. The van der Waals surface area contributed by atoms with E-state index in [9.17, 15) is 0 Å². The van der Waals surface area contributed by atoms with E-state index < -0.39 is 0 Å². The number of hydrogen-bond acceptors (Lipinski definition) is 4. The Balaban J connectivity index is 1.57. The van der Waals surface area contributed by atoms with Crippen LogP contribution in [0.25, 0.3) is 0 Å². The Kier molecular flexibility index (Phi) is 5.18. The molecule has 0 aliphatic carbocycles. The molecule has 0 atom stereocenters. The molecule has 24 heavy (non-hydrogen) atoms. The van der Waals surface area contributed by atoms with Crippen LogP contribution in [0.4, 0.5) is 5.69 Å². The number of guanidine groups is 1. The second kappa shape index (κ2) is 7.70. The molecule has 1 aliphatic rings. The van der Waals surface area contributed by atoms with Crippen molar-refractivity contribution in [1.82, 2.24) is 0 Å². The summed E-state index contributed by atoms with van der Waals surface area (Å²) in [7, 11) is 1.67. The first kappa shape index (κ1) is 16.1. The summed E-state index contributed by atoms with van der Waals surface area (Å²) >= 11 is 0. The van der Waals surface area contributed by atoms with Crippen molar-refractivity contribution in [3.63, 3.8) is 0 Å². The zero-order valence-electron chi connectivity index (χ0n) is 13.6. The Morgan fingerprint density at radius 1 is 1.21 bits per heavy atom. The summed E-state index contributed by atoms with van der Waals surface area (Å²) in [4.78, 5) is 4.38. The van der Waals surface area contributed by atoms with Crippen LogP contribution in [0.3, 0.4) is 0 Å². The standard InChI is InChI=1S/C18H21N3O3/c1-22-11-14-4-2-3-5-15(14)21-18(19)20-9-8-13-6-7-16-17(10-13)24-12-23-16/h2-7,10H,8-9,11-12H2,1H3,(H3,19,20,21). The zero-order chi connectivity index (χ0) is 16.8. The lowest BCUT2D eigenvalue weighted by Gasteiger charge is -2.10. The zero-order valence-corrected chi connectivity index (χ0v) is 13.6. The van der Waals surface area contributed by atoms with Gasteiger partial charge < -0.3 is 25.3 Å². The van der Waals surface area contributed by atoms with Crippen molar-refractivity contribution in [2.75, 3.05) is 25.8 Å². The highest BCUT2D eigenvalue weighted by atomic mass is 16.7. The predicted molar refractivity (Wildman–Crippen MR) is 93.5 cm³/mol. The van der Waals surface area contributed by atoms with Crippen LogP contribution in [0.5, 0.6) is 11.5 Å². The Hall–Kier alpha value is -2.73. The first-order valence-corrected chi connectivity index (χ1v) is 7.78. The Morgan fingerprint density at radius 2 is 2.04 bits per heavy atom. The van der Waals surface area contributed by atoms with Crippen LogP contribution in [0.15, 0.2) is 47.5 Å². The summed E-state index contributed by atoms with van der Waals surface area (Å²) in [6.45, 7) is 1.40. The number of nitrogens with one attached hydrogen (secondary N) is 1. The highest BCUT2D eigenvalue weighted by Crippen LogP contribution is 2.32. The lowest BCUT2D eigenvalue weighted by Crippen LogP contribution is -2.23. The molecule has 2 aromatic carbocycles. The number of anilines is 1. The second-order valence-corrected chi connectivity index (χ2v) is 5.42. The van der Waals surface area contributed by atoms with E-state index in [2.05, 4.69) is 10.3 Å². The molecule has 6 nitrogen and oxygen atoms in total. The van der Waals surface area contributed by atoms with Crippen LogP contribution in [0.1, 0.15) is 11.1 Å². The molecule has 0 bridgehead atoms. The summed E-state index contributed by atoms with van der Waals surface area (Å²) in [5, 5.41) is 3.13. The average molecular weight is 327 g/mol. The van der Waals surface area contributed by atoms with Gasteiger partial charge in [-0.15, -0.1) is 0 Å². The first-order valence-electron chi connectivity index (χ1n) is 7.78. The van der Waals surface area contributed by atoms with Crippen molar-refractivity contribution in [2.24, 2.45) is 10.7 Å². The van der Waals surface area contributed by atoms with E-state index >= 15 is 0 Å². The molecule has 0 saturated carbocycles. The average Bonchev–Trinajstić information content (AvgIpc) is 3.04. The Labute approximate surface area is 141 Å². The van der Waals surface area contributed by atoms with Gasteiger partial charge in [-0.3, -0.25) is 4.99 Å². The number of nitrogens with zero attached hydrogens (tertiary/aromatic N) is 1. The molecule has 0 unspecified atom stereocenters. The molecule has 6 heteroatoms. The molecule has 1 aliphatic heterocycles. The fourth-order valence-electron chi connectivity index (χ4n) is 2.50. The number of nitrogens with two attached hydrogens (primary N) is 1. The van der Waals surface area contributed by atoms with Crippen LogP contribution >= 0.6 is 0 Å². The number of ether oxygens (including phenoxy) is 3. The van der Waals surface area contributed by atoms with E-state index in [0.717, 1.165) is 34.7 Å². The van der Waals surface area contributed by atoms with Crippen LogP contribution < -0.4 is 20.5 Å². The fraction of sp³-hybridized carbons (Fsp3) is 0.278. The fourth-order valence-corrected chi connectivity index (χ4v) is 2.50. The number of aliphatic imine (C=N–C) groups is 1. The van der Waals surface area contributed by atoms with Gasteiger partial charge in [0, 0.05) is 24.9 Å². The monoisotopic (exact) mass is 327 g/mol. The van der Waals surface area contributed by atoms with Gasteiger partial charge in [-0.25, -0.2) is 0 Å². The van der Waals surface area contributed by atoms with E-state index in [4.69, 9.17) is 19.9 Å². The quantitative estimate of drug-likeness (QED) is 0.630. The van der Waals surface area contributed by atoms with E-state index in [1.165, 1.54) is 0 Å². The topological polar surface area (TPSA) is 78.1 Å². The van der Waals surface area contributed by atoms with Gasteiger partial charge in [-0.1, -0.05) is 24.3 Å². The van der Waals surface area contributed by atoms with Gasteiger partial charge in [-0.05, 0) is 30.2 Å². The minimum atomic E-state index is 0.286. The van der Waals surface area contributed by atoms with Crippen LogP contribution in [0.2, 0.25) is 0 Å². The highest BCUT2D eigenvalue weighted by molar-refractivity contribution is 5.92. The minimum Gasteiger partial charge on any atom is -0.454 e. The predicted octanol–water partition coefficient (Wildman–Crippen LogP) is 2.53. The third-order valence-electron chi connectivity index (χ3n) is 3.70. The minimum absolute atomic E-state index is 0.286. The lowest BCUT2D eigenvalue weighted by atomic mass is 10.1. The first-order chi connectivity index (χ1) is 11.8. The van der Waals surface area contributed by atoms with Crippen LogP contribution in [-0.2, 0) is 17.8 Å². The second-order valence-electron chi connectivity index (χ2n) is 5.42. The molecule has 0 radical (unpaired) electrons. The van der Waals surface area contributed by atoms with Gasteiger partial charge in [0.25, 0.3) is 0 Å². The third kappa shape index (κ3) is 3.97. The van der Waals surface area contributed by atoms with Gasteiger partial charge in [-0.2, -0.15) is 0 Å². The van der Waals surface area contributed by atoms with Gasteiger partial charge in [0.05, 0.1) is 6.61 Å². The molecular formula is C18H21N3O3. The summed E-state index contributed by atoms with van der Waals surface area (Å²) in [6, 6.07) is 13.8. The van der Waals surface area contributed by atoms with Crippen molar-refractivity contribution in [1.29, 1.82) is 0 Å². The summed E-state index contributed by atoms with van der Waals surface area (Å²) in [6.07, 6.45) is 0.777. The molecule has 3 rings (SSSR count). The van der Waals surface area contributed by atoms with Crippen molar-refractivity contribution in [3.05, 3.63) is 53.6 Å². The molecule has 0 fully saturated rings. The van der Waals surface area contributed by atoms with Gasteiger partial charge in [0.1, 0.15) is 0 Å². The molecule has 0 saturated heterocycles. The van der Waals surface area contributed by atoms with E-state index in [1.54, 1.807) is 7.11 Å². The van der Waals surface area contributed by atoms with Crippen LogP contribution in [-0.4, -0.2) is 26.4 Å². The van der Waals surface area contributed by atoms with E-state index in [0.29, 0.717) is 19.1 Å². The van der Waals surface area contributed by atoms with Crippen molar-refractivity contribution < 1.29 is 14.2 Å². The number of hydrogen-bond donors (Lipinski definition) is 2. The van der Waals surface area contributed by atoms with E-state index in [-0.39, 0.29) is 6.79 Å². The number of para-hydroxylation sites is 1. The van der Waals surface area contributed by atoms with Crippen molar-refractivity contribution >= 4 is 11.6 Å². The molecule has 0 aromatic heterocycles. The Morgan fingerprint density at radius 3 is 2.92 bits per heavy atom. The van der Waals surface area contributed by atoms with Gasteiger partial charge in [0.15, 0.2) is 17.5 Å². The summed E-state index contributed by atoms with van der Waals surface area (Å²) in [5.41, 5.74) is 9.06. The summed E-state index contributed by atoms with van der Waals surface area (Å²) in [5.74, 6) is 1.97. The molecule has 1 heterocycles. The van der Waals surface area contributed by atoms with Crippen molar-refractivity contribution in [2.45, 2.75) is 13.0 Å². The lowest BCUT2D eigenvalue weighted by molar-refractivity contribution is 0.174. The SMILES string of the molecule is COCc1ccccc1NC(N)=NCCc1ccc2c(c1)OCO2. The number of fused-ring (bicyclic) bond motifs is 1. The van der Waals surface area contributed by atoms with Gasteiger partial charge in [0.2, 0.25) is 6.79 Å². The van der Waals surface area contributed by atoms with Crippen LogP contribution in [0, 0.1) is 0 Å². The van der Waals surface area contributed by atoms with E-state index in [1.807, 2.05) is 42.5 Å². The van der Waals surface area contributed by atoms with Gasteiger partial charge >= 0.3 is 0 Å². The highest BCUT2D eigenvalue weighted by Gasteiger charge is 2.12. The largest absolute Gasteiger partial charge is 0.454 e. The smallest absolute Gasteiger partial charge is 0.231 e. The molecule has 3 N–H and O–H groups in total. The normalized spacial score (nSPS) is 13.1. The Bertz CT molecular complexity index is 731. The summed E-state index contributed by atoms with van der Waals surface area (Å²) < 4.78 is 15.9. The third-order valence-corrected chi connectivity index (χ3v) is 3.70. The number of methoxy groups -OCH3 is 1. The molecule has 0 amide bonds. The maximum absolute atomic E-state index is 5.98. The number of rotatable bonds is 6. The molecule has 126 valence electrons. The molecular weight excluding hydrogens is 306 g/mol. The van der Waals surface area contributed by atoms with Crippen molar-refractivity contribution in [3.8, 4) is 11.5 Å². The maximum atomic E-state index is 5.98. The molecule has 0 spiro atoms. The maximum Gasteiger partial charge on any atom is 0.231 e. The number of benzene rings is 2.